The van der Waals surface area contributed by atoms with Crippen LogP contribution < -0.4 is 20.9 Å². The first-order valence-corrected chi connectivity index (χ1v) is 12.6. The Morgan fingerprint density at radius 2 is 1.83 bits per heavy atom. The van der Waals surface area contributed by atoms with Crippen molar-refractivity contribution in [2.24, 2.45) is 0 Å². The number of methoxy groups -OCH3 is 1. The van der Waals surface area contributed by atoms with Crippen molar-refractivity contribution < 1.29 is 9.53 Å². The lowest BCUT2D eigenvalue weighted by Gasteiger charge is -2.32. The topological polar surface area (TPSA) is 75.6 Å². The minimum Gasteiger partial charge on any atom is -0.497 e. The first-order chi connectivity index (χ1) is 17.5. The van der Waals surface area contributed by atoms with Gasteiger partial charge in [-0.15, -0.1) is 0 Å². The fourth-order valence-corrected chi connectivity index (χ4v) is 4.83. The molecule has 0 atom stereocenters. The summed E-state index contributed by atoms with van der Waals surface area (Å²) >= 11 is 0. The van der Waals surface area contributed by atoms with Gasteiger partial charge in [0.2, 0.25) is 0 Å². The quantitative estimate of drug-likeness (QED) is 0.482. The van der Waals surface area contributed by atoms with Crippen molar-refractivity contribution in [3.8, 4) is 5.75 Å². The van der Waals surface area contributed by atoms with Gasteiger partial charge < -0.3 is 24.8 Å². The van der Waals surface area contributed by atoms with Gasteiger partial charge in [0, 0.05) is 50.2 Å². The first-order valence-electron chi connectivity index (χ1n) is 12.6. The van der Waals surface area contributed by atoms with Gasteiger partial charge >= 0.3 is 0 Å². The third-order valence-electron chi connectivity index (χ3n) is 6.90. The molecule has 2 N–H and O–H groups in total. The number of hydrogen-bond acceptors (Lipinski definition) is 5. The van der Waals surface area contributed by atoms with Gasteiger partial charge in [-0.05, 0) is 50.6 Å². The van der Waals surface area contributed by atoms with Gasteiger partial charge in [0.15, 0.2) is 0 Å². The highest BCUT2D eigenvalue weighted by Gasteiger charge is 2.20. The molecular weight excluding hydrogens is 452 g/mol. The molecule has 3 aromatic rings. The lowest BCUT2D eigenvalue weighted by atomic mass is 10.0. The Morgan fingerprint density at radius 3 is 2.53 bits per heavy atom. The van der Waals surface area contributed by atoms with Crippen molar-refractivity contribution in [2.45, 2.75) is 32.4 Å². The summed E-state index contributed by atoms with van der Waals surface area (Å²) in [4.78, 5) is 27.8. The van der Waals surface area contributed by atoms with Crippen LogP contribution in [0.1, 0.15) is 35.7 Å². The number of rotatable bonds is 9. The molecule has 190 valence electrons. The molecule has 1 amide bonds. The van der Waals surface area contributed by atoms with Crippen LogP contribution in [0.15, 0.2) is 65.0 Å². The van der Waals surface area contributed by atoms with Crippen LogP contribution in [0.3, 0.4) is 0 Å². The van der Waals surface area contributed by atoms with Crippen LogP contribution in [0.2, 0.25) is 0 Å². The van der Waals surface area contributed by atoms with Crippen LogP contribution in [0.4, 0.5) is 0 Å². The van der Waals surface area contributed by atoms with E-state index < -0.39 is 0 Å². The molecule has 0 saturated carbocycles. The molecule has 7 heteroatoms. The number of piperidine rings is 1. The van der Waals surface area contributed by atoms with E-state index in [1.165, 1.54) is 17.2 Å². The Morgan fingerprint density at radius 1 is 1.08 bits per heavy atom. The lowest BCUT2D eigenvalue weighted by molar-refractivity contribution is 0.0964. The second kappa shape index (κ2) is 12.0. The Kier molecular flexibility index (Phi) is 8.57. The van der Waals surface area contributed by atoms with E-state index in [2.05, 4.69) is 52.8 Å². The minimum absolute atomic E-state index is 0.174. The van der Waals surface area contributed by atoms with Crippen molar-refractivity contribution in [3.05, 3.63) is 81.7 Å². The number of nitrogens with zero attached hydrogens (tertiary/aromatic N) is 2. The van der Waals surface area contributed by atoms with E-state index in [0.29, 0.717) is 23.9 Å². The molecule has 0 aliphatic carbocycles. The van der Waals surface area contributed by atoms with Crippen molar-refractivity contribution in [1.29, 1.82) is 0 Å². The number of carbonyl (C=O) groups is 1. The maximum absolute atomic E-state index is 13.0. The molecule has 1 aliphatic rings. The fourth-order valence-electron chi connectivity index (χ4n) is 4.83. The lowest BCUT2D eigenvalue weighted by Crippen LogP contribution is -2.44. The van der Waals surface area contributed by atoms with Crippen molar-refractivity contribution in [1.82, 2.24) is 20.1 Å². The minimum atomic E-state index is -0.266. The normalized spacial score (nSPS) is 15.2. The Hall–Kier alpha value is -3.42. The predicted octanol–water partition coefficient (Wildman–Crippen LogP) is 3.53. The molecule has 1 aliphatic heterocycles. The maximum atomic E-state index is 13.0. The molecule has 1 fully saturated rings. The van der Waals surface area contributed by atoms with Crippen LogP contribution in [-0.2, 0) is 6.54 Å². The zero-order chi connectivity index (χ0) is 25.5. The number of likely N-dealkylation sites (tertiary alicyclic amines) is 1. The molecule has 2 aromatic carbocycles. The number of aromatic nitrogens is 1. The second-order valence-corrected chi connectivity index (χ2v) is 9.41. The summed E-state index contributed by atoms with van der Waals surface area (Å²) in [6, 6.07) is 17.8. The Labute approximate surface area is 212 Å². The number of hydrogen-bond donors (Lipinski definition) is 2. The number of amides is 1. The Bertz CT molecular complexity index is 1270. The largest absolute Gasteiger partial charge is 0.497 e. The number of ether oxygens (including phenoxy) is 1. The van der Waals surface area contributed by atoms with E-state index in [1.54, 1.807) is 18.7 Å². The van der Waals surface area contributed by atoms with E-state index in [0.717, 1.165) is 49.9 Å². The third-order valence-corrected chi connectivity index (χ3v) is 6.90. The molecule has 0 bridgehead atoms. The molecule has 0 radical (unpaired) electrons. The molecular formula is C29H36N4O3. The smallest absolute Gasteiger partial charge is 0.251 e. The second-order valence-electron chi connectivity index (χ2n) is 9.41. The summed E-state index contributed by atoms with van der Waals surface area (Å²) in [5.41, 5.74) is 3.49. The zero-order valence-corrected chi connectivity index (χ0v) is 21.4. The highest BCUT2D eigenvalue weighted by atomic mass is 16.5. The summed E-state index contributed by atoms with van der Waals surface area (Å²) in [6.07, 6.45) is 4.39. The summed E-state index contributed by atoms with van der Waals surface area (Å²) in [6.45, 7) is 6.39. The van der Waals surface area contributed by atoms with Gasteiger partial charge in [0.05, 0.1) is 18.2 Å². The van der Waals surface area contributed by atoms with Crippen LogP contribution >= 0.6 is 0 Å². The van der Waals surface area contributed by atoms with Crippen molar-refractivity contribution in [3.63, 3.8) is 0 Å². The van der Waals surface area contributed by atoms with E-state index in [1.807, 2.05) is 24.3 Å². The van der Waals surface area contributed by atoms with Gasteiger partial charge in [0.1, 0.15) is 5.75 Å². The maximum Gasteiger partial charge on any atom is 0.251 e. The Balaban J connectivity index is 1.36. The summed E-state index contributed by atoms with van der Waals surface area (Å²) in [5, 5.41) is 7.08. The number of fused-ring (bicyclic) bond motifs is 1. The molecule has 0 unspecified atom stereocenters. The van der Waals surface area contributed by atoms with Crippen molar-refractivity contribution in [2.75, 3.05) is 40.3 Å². The SMILES string of the molecule is CNC(=O)c1cc(=O)n(CCN2CCC(NCC(C)=Cc3ccccc3)CC2)c2cc(OC)ccc12. The van der Waals surface area contributed by atoms with E-state index in [9.17, 15) is 9.59 Å². The molecule has 1 aromatic heterocycles. The standard InChI is InChI=1S/C29H36N4O3/c1-21(17-22-7-5-4-6-8-22)20-31-23-11-13-32(14-12-23)15-16-33-27-18-24(36-3)9-10-25(27)26(19-28(33)34)29(35)30-2/h4-10,17-19,23,31H,11-16,20H2,1-3H3,(H,30,35). The first kappa shape index (κ1) is 25.7. The van der Waals surface area contributed by atoms with Crippen LogP contribution in [0.25, 0.3) is 17.0 Å². The van der Waals surface area contributed by atoms with E-state index >= 15 is 0 Å². The summed E-state index contributed by atoms with van der Waals surface area (Å²) < 4.78 is 7.14. The zero-order valence-electron chi connectivity index (χ0n) is 21.4. The number of pyridine rings is 1. The summed E-state index contributed by atoms with van der Waals surface area (Å²) in [7, 11) is 3.17. The molecule has 36 heavy (non-hydrogen) atoms. The molecule has 4 rings (SSSR count). The highest BCUT2D eigenvalue weighted by Crippen LogP contribution is 2.23. The van der Waals surface area contributed by atoms with Gasteiger partial charge in [-0.3, -0.25) is 9.59 Å². The third kappa shape index (κ3) is 6.22. The van der Waals surface area contributed by atoms with Gasteiger partial charge in [-0.1, -0.05) is 42.0 Å². The highest BCUT2D eigenvalue weighted by molar-refractivity contribution is 6.06. The number of nitrogens with one attached hydrogen (secondary N) is 2. The number of carbonyl (C=O) groups excluding carboxylic acids is 1. The fraction of sp³-hybridized carbons (Fsp3) is 0.379. The van der Waals surface area contributed by atoms with Crippen LogP contribution in [0.5, 0.6) is 5.75 Å². The average Bonchev–Trinajstić information content (AvgIpc) is 2.91. The van der Waals surface area contributed by atoms with E-state index in [4.69, 9.17) is 4.74 Å². The molecule has 1 saturated heterocycles. The predicted molar refractivity (Wildman–Crippen MR) is 146 cm³/mol. The van der Waals surface area contributed by atoms with Crippen molar-refractivity contribution >= 4 is 22.9 Å². The average molecular weight is 489 g/mol. The molecule has 2 heterocycles. The van der Waals surface area contributed by atoms with Gasteiger partial charge in [0.25, 0.3) is 11.5 Å². The number of benzene rings is 2. The monoisotopic (exact) mass is 488 g/mol. The van der Waals surface area contributed by atoms with E-state index in [-0.39, 0.29) is 11.5 Å². The van der Waals surface area contributed by atoms with Crippen LogP contribution in [0, 0.1) is 0 Å². The summed E-state index contributed by atoms with van der Waals surface area (Å²) in [5.74, 6) is 0.394. The molecule has 0 spiro atoms. The molecule has 7 nitrogen and oxygen atoms in total. The van der Waals surface area contributed by atoms with Gasteiger partial charge in [-0.2, -0.15) is 0 Å². The van der Waals surface area contributed by atoms with Gasteiger partial charge in [-0.25, -0.2) is 0 Å². The van der Waals surface area contributed by atoms with Crippen LogP contribution in [-0.4, -0.2) is 61.8 Å².